The number of nitrogens with two attached hydrogens (primary N) is 1. The first-order chi connectivity index (χ1) is 8.77. The molecule has 0 radical (unpaired) electrons. The Hall–Kier alpha value is -1.55. The molecule has 0 spiro atoms. The van der Waals surface area contributed by atoms with Crippen LogP contribution in [0.25, 0.3) is 0 Å². The third kappa shape index (κ3) is 3.96. The maximum Gasteiger partial charge on any atom is 0.236 e. The Morgan fingerprint density at radius 2 is 2.11 bits per heavy atom. The number of ether oxygens (including phenoxy) is 1. The fraction of sp³-hybridized carbons (Fsp3) is 0.533. The summed E-state index contributed by atoms with van der Waals surface area (Å²) in [5, 5.41) is 2.87. The monoisotopic (exact) mass is 264 g/mol. The van der Waals surface area contributed by atoms with E-state index in [2.05, 4.69) is 25.2 Å². The molecule has 106 valence electrons. The second kappa shape index (κ2) is 6.06. The van der Waals surface area contributed by atoms with Gasteiger partial charge in [0.1, 0.15) is 5.75 Å². The molecule has 1 atom stereocenters. The third-order valence-electron chi connectivity index (χ3n) is 3.20. The molecule has 1 aromatic carbocycles. The van der Waals surface area contributed by atoms with Crippen LogP contribution < -0.4 is 15.8 Å². The van der Waals surface area contributed by atoms with Crippen LogP contribution in [-0.2, 0) is 10.2 Å². The van der Waals surface area contributed by atoms with E-state index in [1.165, 1.54) is 5.56 Å². The zero-order chi connectivity index (χ0) is 14.6. The van der Waals surface area contributed by atoms with Crippen LogP contribution in [0, 0.1) is 6.92 Å². The van der Waals surface area contributed by atoms with Gasteiger partial charge in [-0.1, -0.05) is 31.5 Å². The molecule has 0 aromatic heterocycles. The zero-order valence-corrected chi connectivity index (χ0v) is 12.4. The first kappa shape index (κ1) is 15.5. The summed E-state index contributed by atoms with van der Waals surface area (Å²) >= 11 is 0. The summed E-state index contributed by atoms with van der Waals surface area (Å²) in [6.07, 6.45) is 0. The van der Waals surface area contributed by atoms with E-state index in [0.717, 1.165) is 11.3 Å². The second-order valence-electron chi connectivity index (χ2n) is 5.59. The van der Waals surface area contributed by atoms with Crippen LogP contribution in [0.4, 0.5) is 0 Å². The Balaban J connectivity index is 2.93. The summed E-state index contributed by atoms with van der Waals surface area (Å²) in [4.78, 5) is 11.6. The lowest BCUT2D eigenvalue weighted by molar-refractivity contribution is -0.122. The molecule has 4 nitrogen and oxygen atoms in total. The Labute approximate surface area is 115 Å². The summed E-state index contributed by atoms with van der Waals surface area (Å²) in [7, 11) is 1.66. The van der Waals surface area contributed by atoms with E-state index in [0.29, 0.717) is 6.54 Å². The zero-order valence-electron chi connectivity index (χ0n) is 12.4. The third-order valence-corrected chi connectivity index (χ3v) is 3.20. The van der Waals surface area contributed by atoms with Crippen molar-refractivity contribution < 1.29 is 9.53 Å². The van der Waals surface area contributed by atoms with Crippen molar-refractivity contribution in [1.29, 1.82) is 0 Å². The first-order valence-electron chi connectivity index (χ1n) is 6.46. The van der Waals surface area contributed by atoms with Crippen molar-refractivity contribution in [3.63, 3.8) is 0 Å². The van der Waals surface area contributed by atoms with Crippen LogP contribution in [-0.4, -0.2) is 25.6 Å². The highest BCUT2D eigenvalue weighted by molar-refractivity contribution is 5.81. The van der Waals surface area contributed by atoms with Gasteiger partial charge in [-0.15, -0.1) is 0 Å². The maximum absolute atomic E-state index is 11.6. The highest BCUT2D eigenvalue weighted by atomic mass is 16.5. The van der Waals surface area contributed by atoms with E-state index in [1.807, 2.05) is 19.1 Å². The Morgan fingerprint density at radius 1 is 1.47 bits per heavy atom. The number of benzene rings is 1. The van der Waals surface area contributed by atoms with Gasteiger partial charge in [0.25, 0.3) is 0 Å². The molecule has 0 aliphatic carbocycles. The lowest BCUT2D eigenvalue weighted by Gasteiger charge is -2.28. The van der Waals surface area contributed by atoms with E-state index < -0.39 is 6.04 Å². The Bertz CT molecular complexity index is 453. The van der Waals surface area contributed by atoms with Gasteiger partial charge in [-0.05, 0) is 19.9 Å². The number of amides is 1. The summed E-state index contributed by atoms with van der Waals surface area (Å²) in [5.41, 5.74) is 7.58. The lowest BCUT2D eigenvalue weighted by atomic mass is 9.83. The van der Waals surface area contributed by atoms with Crippen molar-refractivity contribution in [2.24, 2.45) is 5.73 Å². The molecule has 3 N–H and O–H groups in total. The minimum Gasteiger partial charge on any atom is -0.496 e. The predicted octanol–water partition coefficient (Wildman–Crippen LogP) is 1.74. The standard InChI is InChI=1S/C15H24N2O2/c1-10-6-7-13(19-5)12(8-10)15(3,4)9-17-14(18)11(2)16/h6-8,11H,9,16H2,1-5H3,(H,17,18). The van der Waals surface area contributed by atoms with Gasteiger partial charge in [-0.3, -0.25) is 4.79 Å². The Morgan fingerprint density at radius 3 is 2.63 bits per heavy atom. The molecular weight excluding hydrogens is 240 g/mol. The molecule has 1 amide bonds. The van der Waals surface area contributed by atoms with Gasteiger partial charge in [0.05, 0.1) is 13.2 Å². The van der Waals surface area contributed by atoms with Crippen molar-refractivity contribution in [1.82, 2.24) is 5.32 Å². The highest BCUT2D eigenvalue weighted by Crippen LogP contribution is 2.31. The van der Waals surface area contributed by atoms with Crippen LogP contribution in [0.2, 0.25) is 0 Å². The molecule has 1 unspecified atom stereocenters. The van der Waals surface area contributed by atoms with Gasteiger partial charge in [-0.25, -0.2) is 0 Å². The average Bonchev–Trinajstić information content (AvgIpc) is 2.35. The van der Waals surface area contributed by atoms with Crippen LogP contribution in [0.1, 0.15) is 31.9 Å². The Kier molecular flexibility index (Phi) is 4.95. The van der Waals surface area contributed by atoms with Gasteiger partial charge in [-0.2, -0.15) is 0 Å². The smallest absolute Gasteiger partial charge is 0.236 e. The maximum atomic E-state index is 11.6. The van der Waals surface area contributed by atoms with Gasteiger partial charge in [0.2, 0.25) is 5.91 Å². The van der Waals surface area contributed by atoms with E-state index in [9.17, 15) is 4.79 Å². The number of aryl methyl sites for hydroxylation is 1. The fourth-order valence-corrected chi connectivity index (χ4v) is 1.92. The van der Waals surface area contributed by atoms with E-state index in [4.69, 9.17) is 10.5 Å². The first-order valence-corrected chi connectivity index (χ1v) is 6.46. The van der Waals surface area contributed by atoms with Crippen molar-refractivity contribution >= 4 is 5.91 Å². The molecule has 0 heterocycles. The summed E-state index contributed by atoms with van der Waals surface area (Å²) in [5.74, 6) is 0.699. The summed E-state index contributed by atoms with van der Waals surface area (Å²) < 4.78 is 5.40. The molecule has 1 rings (SSSR count). The SMILES string of the molecule is COc1ccc(C)cc1C(C)(C)CNC(=O)C(C)N. The summed E-state index contributed by atoms with van der Waals surface area (Å²) in [6.45, 7) is 8.39. The van der Waals surface area contributed by atoms with Crippen LogP contribution in [0.3, 0.4) is 0 Å². The molecule has 0 aliphatic heterocycles. The molecule has 0 aliphatic rings. The van der Waals surface area contributed by atoms with E-state index in [-0.39, 0.29) is 11.3 Å². The van der Waals surface area contributed by atoms with Crippen LogP contribution in [0.5, 0.6) is 5.75 Å². The molecule has 0 saturated carbocycles. The molecule has 19 heavy (non-hydrogen) atoms. The van der Waals surface area contributed by atoms with Crippen molar-refractivity contribution in [2.75, 3.05) is 13.7 Å². The van der Waals surface area contributed by atoms with Crippen molar-refractivity contribution in [2.45, 2.75) is 39.2 Å². The van der Waals surface area contributed by atoms with E-state index in [1.54, 1.807) is 14.0 Å². The van der Waals surface area contributed by atoms with Gasteiger partial charge in [0.15, 0.2) is 0 Å². The topological polar surface area (TPSA) is 64.3 Å². The normalized spacial score (nSPS) is 12.9. The quantitative estimate of drug-likeness (QED) is 0.851. The number of hydrogen-bond acceptors (Lipinski definition) is 3. The number of carbonyl (C=O) groups is 1. The average molecular weight is 264 g/mol. The summed E-state index contributed by atoms with van der Waals surface area (Å²) in [6, 6.07) is 5.57. The molecule has 0 bridgehead atoms. The minimum atomic E-state index is -0.491. The minimum absolute atomic E-state index is 0.139. The number of nitrogens with one attached hydrogen (secondary N) is 1. The lowest BCUT2D eigenvalue weighted by Crippen LogP contribution is -2.43. The molecule has 0 fully saturated rings. The van der Waals surface area contributed by atoms with Gasteiger partial charge in [0, 0.05) is 17.5 Å². The van der Waals surface area contributed by atoms with E-state index >= 15 is 0 Å². The van der Waals surface area contributed by atoms with Gasteiger partial charge < -0.3 is 15.8 Å². The number of carbonyl (C=O) groups excluding carboxylic acids is 1. The molecule has 1 aromatic rings. The number of methoxy groups -OCH3 is 1. The predicted molar refractivity (Wildman–Crippen MR) is 77.4 cm³/mol. The largest absolute Gasteiger partial charge is 0.496 e. The second-order valence-corrected chi connectivity index (χ2v) is 5.59. The number of rotatable bonds is 5. The fourth-order valence-electron chi connectivity index (χ4n) is 1.92. The highest BCUT2D eigenvalue weighted by Gasteiger charge is 2.25. The van der Waals surface area contributed by atoms with Crippen LogP contribution in [0.15, 0.2) is 18.2 Å². The van der Waals surface area contributed by atoms with Gasteiger partial charge >= 0.3 is 0 Å². The van der Waals surface area contributed by atoms with Crippen molar-refractivity contribution in [3.8, 4) is 5.75 Å². The molecular formula is C15H24N2O2. The van der Waals surface area contributed by atoms with Crippen molar-refractivity contribution in [3.05, 3.63) is 29.3 Å². The van der Waals surface area contributed by atoms with Crippen LogP contribution >= 0.6 is 0 Å². The molecule has 0 saturated heterocycles. The molecule has 4 heteroatoms. The number of hydrogen-bond donors (Lipinski definition) is 2.